The molecule has 0 aliphatic carbocycles. The van der Waals surface area contributed by atoms with E-state index in [1.165, 1.54) is 0 Å². The monoisotopic (exact) mass is 229 g/mol. The van der Waals surface area contributed by atoms with Gasteiger partial charge in [0.05, 0.1) is 17.6 Å². The predicted molar refractivity (Wildman–Crippen MR) is 67.1 cm³/mol. The Hall–Kier alpha value is -2.01. The molecule has 0 aliphatic heterocycles. The zero-order chi connectivity index (χ0) is 12.1. The number of hydrogen-bond acceptors (Lipinski definition) is 5. The molecule has 0 aliphatic rings. The van der Waals surface area contributed by atoms with Crippen LogP contribution in [0.5, 0.6) is 0 Å². The Morgan fingerprint density at radius 3 is 2.71 bits per heavy atom. The molecular formula is C12H15N5. The lowest BCUT2D eigenvalue weighted by Crippen LogP contribution is -2.12. The lowest BCUT2D eigenvalue weighted by molar-refractivity contribution is 0.873. The Balaban J connectivity index is 2.40. The number of hydrazine groups is 1. The summed E-state index contributed by atoms with van der Waals surface area (Å²) in [6.45, 7) is 2.10. The molecule has 0 spiro atoms. The van der Waals surface area contributed by atoms with Gasteiger partial charge in [-0.1, -0.05) is 13.3 Å². The van der Waals surface area contributed by atoms with E-state index >= 15 is 0 Å². The van der Waals surface area contributed by atoms with E-state index in [0.29, 0.717) is 5.82 Å². The third-order valence-electron chi connectivity index (χ3n) is 2.44. The summed E-state index contributed by atoms with van der Waals surface area (Å²) in [5.74, 6) is 6.05. The normalized spacial score (nSPS) is 10.2. The van der Waals surface area contributed by atoms with Crippen LogP contribution in [0.3, 0.4) is 0 Å². The molecule has 3 N–H and O–H groups in total. The second kappa shape index (κ2) is 5.36. The van der Waals surface area contributed by atoms with Crippen molar-refractivity contribution in [2.75, 3.05) is 5.43 Å². The van der Waals surface area contributed by atoms with Gasteiger partial charge < -0.3 is 5.43 Å². The summed E-state index contributed by atoms with van der Waals surface area (Å²) in [6.07, 6.45) is 7.05. The van der Waals surface area contributed by atoms with Crippen LogP contribution in [-0.2, 0) is 6.42 Å². The molecule has 0 unspecified atom stereocenters. The number of rotatable bonds is 4. The highest BCUT2D eigenvalue weighted by Gasteiger charge is 2.07. The molecular weight excluding hydrogens is 214 g/mol. The molecule has 2 rings (SSSR count). The van der Waals surface area contributed by atoms with Crippen molar-refractivity contribution < 1.29 is 0 Å². The third-order valence-corrected chi connectivity index (χ3v) is 2.44. The van der Waals surface area contributed by atoms with Gasteiger partial charge in [0.1, 0.15) is 0 Å². The highest BCUT2D eigenvalue weighted by atomic mass is 15.3. The molecule has 0 fully saturated rings. The van der Waals surface area contributed by atoms with Crippen molar-refractivity contribution >= 4 is 5.82 Å². The lowest BCUT2D eigenvalue weighted by atomic mass is 10.2. The largest absolute Gasteiger partial charge is 0.307 e. The molecule has 5 heteroatoms. The second-order valence-corrected chi connectivity index (χ2v) is 3.68. The maximum atomic E-state index is 5.41. The number of nitrogens with zero attached hydrogens (tertiary/aromatic N) is 3. The Kier molecular flexibility index (Phi) is 3.62. The SMILES string of the molecule is CCCc1nc(-c2ccncc2)cnc1NN. The Morgan fingerprint density at radius 1 is 1.29 bits per heavy atom. The number of nitrogens with two attached hydrogens (primary N) is 1. The van der Waals surface area contributed by atoms with Crippen LogP contribution in [0, 0.1) is 0 Å². The van der Waals surface area contributed by atoms with Gasteiger partial charge in [-0.3, -0.25) is 4.98 Å². The first-order chi connectivity index (χ1) is 8.35. The van der Waals surface area contributed by atoms with Crippen molar-refractivity contribution in [3.8, 4) is 11.3 Å². The molecule has 2 aromatic rings. The van der Waals surface area contributed by atoms with Crippen molar-refractivity contribution in [1.29, 1.82) is 0 Å². The number of anilines is 1. The summed E-state index contributed by atoms with van der Waals surface area (Å²) in [6, 6.07) is 3.82. The molecule has 0 bridgehead atoms. The van der Waals surface area contributed by atoms with Gasteiger partial charge in [0.2, 0.25) is 0 Å². The molecule has 88 valence electrons. The number of nitrogen functional groups attached to an aromatic ring is 1. The first kappa shape index (κ1) is 11.5. The van der Waals surface area contributed by atoms with E-state index in [0.717, 1.165) is 29.8 Å². The van der Waals surface area contributed by atoms with E-state index in [-0.39, 0.29) is 0 Å². The first-order valence-electron chi connectivity index (χ1n) is 5.58. The van der Waals surface area contributed by atoms with Gasteiger partial charge in [0.15, 0.2) is 5.82 Å². The number of hydrogen-bond donors (Lipinski definition) is 2. The molecule has 5 nitrogen and oxygen atoms in total. The van der Waals surface area contributed by atoms with E-state index in [4.69, 9.17) is 5.84 Å². The van der Waals surface area contributed by atoms with Crippen molar-refractivity contribution in [2.24, 2.45) is 5.84 Å². The van der Waals surface area contributed by atoms with Gasteiger partial charge in [0.25, 0.3) is 0 Å². The van der Waals surface area contributed by atoms with E-state index < -0.39 is 0 Å². The summed E-state index contributed by atoms with van der Waals surface area (Å²) in [5.41, 5.74) is 5.32. The van der Waals surface area contributed by atoms with Gasteiger partial charge in [-0.2, -0.15) is 0 Å². The van der Waals surface area contributed by atoms with Gasteiger partial charge >= 0.3 is 0 Å². The van der Waals surface area contributed by atoms with Crippen LogP contribution in [0.15, 0.2) is 30.7 Å². The lowest BCUT2D eigenvalue weighted by Gasteiger charge is -2.08. The quantitative estimate of drug-likeness (QED) is 0.617. The van der Waals surface area contributed by atoms with E-state index in [1.807, 2.05) is 12.1 Å². The Labute approximate surface area is 100 Å². The fourth-order valence-electron chi connectivity index (χ4n) is 1.62. The maximum absolute atomic E-state index is 5.41. The summed E-state index contributed by atoms with van der Waals surface area (Å²) in [7, 11) is 0. The summed E-state index contributed by atoms with van der Waals surface area (Å²) in [4.78, 5) is 12.8. The maximum Gasteiger partial charge on any atom is 0.161 e. The minimum atomic E-state index is 0.643. The predicted octanol–water partition coefficient (Wildman–Crippen LogP) is 1.78. The third kappa shape index (κ3) is 2.57. The van der Waals surface area contributed by atoms with Crippen molar-refractivity contribution in [2.45, 2.75) is 19.8 Å². The van der Waals surface area contributed by atoms with E-state index in [2.05, 4.69) is 27.3 Å². The van der Waals surface area contributed by atoms with Crippen LogP contribution in [-0.4, -0.2) is 15.0 Å². The average molecular weight is 229 g/mol. The summed E-state index contributed by atoms with van der Waals surface area (Å²) >= 11 is 0. The van der Waals surface area contributed by atoms with Crippen molar-refractivity contribution in [3.05, 3.63) is 36.4 Å². The zero-order valence-corrected chi connectivity index (χ0v) is 9.72. The molecule has 2 heterocycles. The first-order valence-corrected chi connectivity index (χ1v) is 5.58. The topological polar surface area (TPSA) is 76.7 Å². The van der Waals surface area contributed by atoms with Gasteiger partial charge in [0, 0.05) is 18.0 Å². The number of aryl methyl sites for hydroxylation is 1. The number of nitrogens with one attached hydrogen (secondary N) is 1. The van der Waals surface area contributed by atoms with Gasteiger partial charge in [-0.15, -0.1) is 0 Å². The van der Waals surface area contributed by atoms with E-state index in [9.17, 15) is 0 Å². The summed E-state index contributed by atoms with van der Waals surface area (Å²) in [5, 5.41) is 0. The number of aromatic nitrogens is 3. The molecule has 0 aromatic carbocycles. The Bertz CT molecular complexity index is 484. The summed E-state index contributed by atoms with van der Waals surface area (Å²) < 4.78 is 0. The highest BCUT2D eigenvalue weighted by Crippen LogP contribution is 2.19. The zero-order valence-electron chi connectivity index (χ0n) is 9.72. The van der Waals surface area contributed by atoms with Crippen LogP contribution in [0.25, 0.3) is 11.3 Å². The second-order valence-electron chi connectivity index (χ2n) is 3.68. The van der Waals surface area contributed by atoms with Crippen molar-refractivity contribution in [3.63, 3.8) is 0 Å². The average Bonchev–Trinajstić information content (AvgIpc) is 2.40. The fraction of sp³-hybridized carbons (Fsp3) is 0.250. The minimum absolute atomic E-state index is 0.643. The molecule has 0 saturated carbocycles. The molecule has 2 aromatic heterocycles. The van der Waals surface area contributed by atoms with Crippen LogP contribution >= 0.6 is 0 Å². The number of pyridine rings is 1. The molecule has 0 atom stereocenters. The van der Waals surface area contributed by atoms with Crippen LogP contribution in [0.1, 0.15) is 19.0 Å². The fourth-order valence-corrected chi connectivity index (χ4v) is 1.62. The van der Waals surface area contributed by atoms with Crippen molar-refractivity contribution in [1.82, 2.24) is 15.0 Å². The minimum Gasteiger partial charge on any atom is -0.307 e. The molecule has 0 amide bonds. The van der Waals surface area contributed by atoms with Crippen LogP contribution in [0.2, 0.25) is 0 Å². The smallest absolute Gasteiger partial charge is 0.161 e. The standard InChI is InChI=1S/C12H15N5/c1-2-3-10-12(17-13)15-8-11(16-10)9-4-6-14-7-5-9/h4-8H,2-3,13H2,1H3,(H,15,17). The van der Waals surface area contributed by atoms with Gasteiger partial charge in [-0.25, -0.2) is 15.8 Å². The van der Waals surface area contributed by atoms with E-state index in [1.54, 1.807) is 18.6 Å². The highest BCUT2D eigenvalue weighted by molar-refractivity contribution is 5.59. The molecule has 0 radical (unpaired) electrons. The molecule has 0 saturated heterocycles. The Morgan fingerprint density at radius 2 is 2.06 bits per heavy atom. The molecule has 17 heavy (non-hydrogen) atoms. The van der Waals surface area contributed by atoms with Crippen LogP contribution < -0.4 is 11.3 Å². The van der Waals surface area contributed by atoms with Crippen LogP contribution in [0.4, 0.5) is 5.82 Å². The van der Waals surface area contributed by atoms with Gasteiger partial charge in [-0.05, 0) is 18.6 Å².